The van der Waals surface area contributed by atoms with Gasteiger partial charge >= 0.3 is 6.03 Å². The Bertz CT molecular complexity index is 638. The average Bonchev–Trinajstić information content (AvgIpc) is 2.49. The summed E-state index contributed by atoms with van der Waals surface area (Å²) < 4.78 is 26.4. The largest absolute Gasteiger partial charge is 0.336 e. The highest BCUT2D eigenvalue weighted by Crippen LogP contribution is 2.16. The summed E-state index contributed by atoms with van der Waals surface area (Å²) >= 11 is 5.81. The Balaban J connectivity index is 1.93. The molecular weight excluding hydrogens is 338 g/mol. The second-order valence-electron chi connectivity index (χ2n) is 5.87. The minimum Gasteiger partial charge on any atom is -0.336 e. The SMILES string of the molecule is CC(C)NC(=O)N1CCN(S(=O)(=O)Cc2ccc(Cl)cc2)CC1. The normalized spacial score (nSPS) is 16.6. The third-order valence-electron chi connectivity index (χ3n) is 3.59. The van der Waals surface area contributed by atoms with E-state index in [0.717, 1.165) is 0 Å². The molecule has 2 amide bonds. The molecule has 0 atom stereocenters. The van der Waals surface area contributed by atoms with Crippen LogP contribution in [-0.2, 0) is 15.8 Å². The summed E-state index contributed by atoms with van der Waals surface area (Å²) in [5.74, 6) is -0.0532. The summed E-state index contributed by atoms with van der Waals surface area (Å²) in [6.45, 7) is 5.23. The Labute approximate surface area is 142 Å². The fourth-order valence-corrected chi connectivity index (χ4v) is 4.03. The monoisotopic (exact) mass is 359 g/mol. The number of nitrogens with zero attached hydrogens (tertiary/aromatic N) is 2. The van der Waals surface area contributed by atoms with E-state index < -0.39 is 10.0 Å². The van der Waals surface area contributed by atoms with Crippen LogP contribution in [0.5, 0.6) is 0 Å². The minimum atomic E-state index is -3.39. The number of hydrogen-bond acceptors (Lipinski definition) is 3. The van der Waals surface area contributed by atoms with Crippen molar-refractivity contribution < 1.29 is 13.2 Å². The standard InChI is InChI=1S/C15H22ClN3O3S/c1-12(2)17-15(20)18-7-9-19(10-8-18)23(21,22)11-13-3-5-14(16)6-4-13/h3-6,12H,7-11H2,1-2H3,(H,17,20). The van der Waals surface area contributed by atoms with Gasteiger partial charge in [-0.2, -0.15) is 4.31 Å². The van der Waals surface area contributed by atoms with Gasteiger partial charge in [-0.15, -0.1) is 0 Å². The van der Waals surface area contributed by atoms with Crippen LogP contribution in [0.4, 0.5) is 4.79 Å². The number of amides is 2. The molecule has 2 rings (SSSR count). The first-order valence-electron chi connectivity index (χ1n) is 7.55. The van der Waals surface area contributed by atoms with Crippen molar-refractivity contribution in [1.82, 2.24) is 14.5 Å². The molecule has 128 valence electrons. The summed E-state index contributed by atoms with van der Waals surface area (Å²) in [5, 5.41) is 3.40. The second-order valence-corrected chi connectivity index (χ2v) is 8.28. The van der Waals surface area contributed by atoms with Crippen LogP contribution in [0.2, 0.25) is 5.02 Å². The van der Waals surface area contributed by atoms with Crippen molar-refractivity contribution in [3.05, 3.63) is 34.9 Å². The van der Waals surface area contributed by atoms with Crippen LogP contribution in [0, 0.1) is 0 Å². The summed E-state index contributed by atoms with van der Waals surface area (Å²) in [6, 6.07) is 6.71. The Morgan fingerprint density at radius 2 is 1.74 bits per heavy atom. The predicted molar refractivity (Wildman–Crippen MR) is 90.9 cm³/mol. The van der Waals surface area contributed by atoms with Gasteiger partial charge in [-0.1, -0.05) is 23.7 Å². The van der Waals surface area contributed by atoms with Gasteiger partial charge in [0.05, 0.1) is 5.75 Å². The molecular formula is C15H22ClN3O3S. The maximum atomic E-state index is 12.5. The lowest BCUT2D eigenvalue weighted by atomic mass is 10.2. The van der Waals surface area contributed by atoms with E-state index >= 15 is 0 Å². The molecule has 6 nitrogen and oxygen atoms in total. The molecule has 1 heterocycles. The lowest BCUT2D eigenvalue weighted by Crippen LogP contribution is -2.54. The smallest absolute Gasteiger partial charge is 0.317 e. The zero-order chi connectivity index (χ0) is 17.0. The lowest BCUT2D eigenvalue weighted by molar-refractivity contribution is 0.170. The average molecular weight is 360 g/mol. The zero-order valence-corrected chi connectivity index (χ0v) is 14.9. The molecule has 8 heteroatoms. The van der Waals surface area contributed by atoms with Gasteiger partial charge in [0, 0.05) is 37.2 Å². The van der Waals surface area contributed by atoms with E-state index in [1.165, 1.54) is 4.31 Å². The highest BCUT2D eigenvalue weighted by Gasteiger charge is 2.29. The van der Waals surface area contributed by atoms with Crippen molar-refractivity contribution in [1.29, 1.82) is 0 Å². The number of rotatable bonds is 4. The molecule has 1 aromatic rings. The molecule has 1 aliphatic rings. The number of nitrogens with one attached hydrogen (secondary N) is 1. The molecule has 23 heavy (non-hydrogen) atoms. The first-order chi connectivity index (χ1) is 10.8. The highest BCUT2D eigenvalue weighted by atomic mass is 35.5. The summed E-state index contributed by atoms with van der Waals surface area (Å²) in [5.41, 5.74) is 0.703. The van der Waals surface area contributed by atoms with Crippen LogP contribution in [-0.4, -0.2) is 55.9 Å². The fraction of sp³-hybridized carbons (Fsp3) is 0.533. The van der Waals surface area contributed by atoms with E-state index in [1.807, 2.05) is 13.8 Å². The topological polar surface area (TPSA) is 69.7 Å². The van der Waals surface area contributed by atoms with Crippen LogP contribution >= 0.6 is 11.6 Å². The zero-order valence-electron chi connectivity index (χ0n) is 13.3. The Hall–Kier alpha value is -1.31. The third-order valence-corrected chi connectivity index (χ3v) is 5.70. The van der Waals surface area contributed by atoms with Crippen molar-refractivity contribution in [3.8, 4) is 0 Å². The lowest BCUT2D eigenvalue weighted by Gasteiger charge is -2.34. The van der Waals surface area contributed by atoms with Crippen molar-refractivity contribution in [2.24, 2.45) is 0 Å². The summed E-state index contributed by atoms with van der Waals surface area (Å²) in [6.07, 6.45) is 0. The molecule has 0 radical (unpaired) electrons. The molecule has 0 saturated carbocycles. The first-order valence-corrected chi connectivity index (χ1v) is 9.54. The molecule has 1 fully saturated rings. The van der Waals surface area contributed by atoms with Crippen molar-refractivity contribution >= 4 is 27.7 Å². The molecule has 1 saturated heterocycles. The van der Waals surface area contributed by atoms with E-state index in [1.54, 1.807) is 29.2 Å². The Kier molecular flexibility index (Phi) is 5.89. The molecule has 1 N–H and O–H groups in total. The second kappa shape index (κ2) is 7.51. The minimum absolute atomic E-state index is 0.0532. The summed E-state index contributed by atoms with van der Waals surface area (Å²) in [4.78, 5) is 13.6. The molecule has 0 aliphatic carbocycles. The number of carbonyl (C=O) groups is 1. The third kappa shape index (κ3) is 5.09. The molecule has 1 aromatic carbocycles. The van der Waals surface area contributed by atoms with E-state index in [0.29, 0.717) is 36.8 Å². The van der Waals surface area contributed by atoms with Crippen LogP contribution in [0.1, 0.15) is 19.4 Å². The van der Waals surface area contributed by atoms with Crippen molar-refractivity contribution in [3.63, 3.8) is 0 Å². The molecule has 0 spiro atoms. The number of halogens is 1. The number of hydrogen-bond donors (Lipinski definition) is 1. The first kappa shape index (κ1) is 18.0. The van der Waals surface area contributed by atoms with Crippen molar-refractivity contribution in [2.75, 3.05) is 26.2 Å². The van der Waals surface area contributed by atoms with Crippen molar-refractivity contribution in [2.45, 2.75) is 25.6 Å². The number of sulfonamides is 1. The van der Waals surface area contributed by atoms with E-state index in [-0.39, 0.29) is 17.8 Å². The number of urea groups is 1. The quantitative estimate of drug-likeness (QED) is 0.892. The van der Waals surface area contributed by atoms with Crippen LogP contribution in [0.25, 0.3) is 0 Å². The number of piperazine rings is 1. The molecule has 0 aromatic heterocycles. The van der Waals surface area contributed by atoms with Gasteiger partial charge in [-0.05, 0) is 31.5 Å². The van der Waals surface area contributed by atoms with Gasteiger partial charge in [0.2, 0.25) is 10.0 Å². The Morgan fingerprint density at radius 1 is 1.17 bits per heavy atom. The number of carbonyl (C=O) groups excluding carboxylic acids is 1. The maximum Gasteiger partial charge on any atom is 0.317 e. The molecule has 0 unspecified atom stereocenters. The van der Waals surface area contributed by atoms with E-state index in [2.05, 4.69) is 5.32 Å². The van der Waals surface area contributed by atoms with E-state index in [9.17, 15) is 13.2 Å². The van der Waals surface area contributed by atoms with Crippen LogP contribution in [0.3, 0.4) is 0 Å². The molecule has 1 aliphatic heterocycles. The van der Waals surface area contributed by atoms with Crippen LogP contribution < -0.4 is 5.32 Å². The van der Waals surface area contributed by atoms with Gasteiger partial charge in [0.15, 0.2) is 0 Å². The molecule has 0 bridgehead atoms. The summed E-state index contributed by atoms with van der Waals surface area (Å²) in [7, 11) is -3.39. The number of benzene rings is 1. The predicted octanol–water partition coefficient (Wildman–Crippen LogP) is 1.91. The fourth-order valence-electron chi connectivity index (χ4n) is 2.39. The van der Waals surface area contributed by atoms with Gasteiger partial charge < -0.3 is 10.2 Å². The van der Waals surface area contributed by atoms with Gasteiger partial charge in [-0.25, -0.2) is 13.2 Å². The van der Waals surface area contributed by atoms with Gasteiger partial charge in [-0.3, -0.25) is 0 Å². The Morgan fingerprint density at radius 3 is 2.26 bits per heavy atom. The van der Waals surface area contributed by atoms with Gasteiger partial charge in [0.1, 0.15) is 0 Å². The maximum absolute atomic E-state index is 12.5. The van der Waals surface area contributed by atoms with Gasteiger partial charge in [0.25, 0.3) is 0 Å². The van der Waals surface area contributed by atoms with E-state index in [4.69, 9.17) is 11.6 Å². The highest BCUT2D eigenvalue weighted by molar-refractivity contribution is 7.88. The van der Waals surface area contributed by atoms with Crippen LogP contribution in [0.15, 0.2) is 24.3 Å².